The number of nitrogens with zero attached hydrogens (tertiary/aromatic N) is 3. The molecule has 2 aliphatic rings. The number of allylic oxidation sites excluding steroid dienone is 1. The summed E-state index contributed by atoms with van der Waals surface area (Å²) in [5.74, 6) is 1.33. The Balaban J connectivity index is 1.27. The number of thioether (sulfide) groups is 1. The van der Waals surface area contributed by atoms with E-state index in [9.17, 15) is 9.59 Å². The second-order valence-electron chi connectivity index (χ2n) is 8.84. The van der Waals surface area contributed by atoms with Crippen LogP contribution in [-0.4, -0.2) is 39.5 Å². The number of methoxy groups -OCH3 is 1. The molecule has 2 aromatic heterocycles. The van der Waals surface area contributed by atoms with E-state index in [1.54, 1.807) is 0 Å². The Hall–Kier alpha value is -2.91. The minimum atomic E-state index is -0.389. The zero-order valence-electron chi connectivity index (χ0n) is 19.7. The Bertz CT molecular complexity index is 1250. The quantitative estimate of drug-likeness (QED) is 0.243. The topological polar surface area (TPSA) is 86.1 Å². The summed E-state index contributed by atoms with van der Waals surface area (Å²) < 4.78 is 7.06. The lowest BCUT2D eigenvalue weighted by atomic mass is 9.95. The van der Waals surface area contributed by atoms with Crippen molar-refractivity contribution in [1.29, 1.82) is 0 Å². The molecule has 0 aliphatic heterocycles. The van der Waals surface area contributed by atoms with E-state index in [-0.39, 0.29) is 17.6 Å². The molecular formula is C26H28N4O3S2. The summed E-state index contributed by atoms with van der Waals surface area (Å²) in [4.78, 5) is 26.5. The SMILES string of the molecule is C=CCn1c(SCC(=O)Nc2sc3c(c2C(=O)OC)CCCC3)nnc1C1CC1c1ccccc1. The molecule has 0 radical (unpaired) electrons. The molecule has 35 heavy (non-hydrogen) atoms. The number of amides is 1. The highest BCUT2D eigenvalue weighted by molar-refractivity contribution is 7.99. The molecule has 182 valence electrons. The summed E-state index contributed by atoms with van der Waals surface area (Å²) >= 11 is 2.84. The third-order valence-electron chi connectivity index (χ3n) is 6.55. The molecule has 1 amide bonds. The van der Waals surface area contributed by atoms with Gasteiger partial charge in [0, 0.05) is 17.3 Å². The summed E-state index contributed by atoms with van der Waals surface area (Å²) in [5.41, 5.74) is 2.87. The molecule has 2 atom stereocenters. The maximum Gasteiger partial charge on any atom is 0.341 e. The van der Waals surface area contributed by atoms with E-state index in [0.717, 1.165) is 43.5 Å². The number of aromatic nitrogens is 3. The van der Waals surface area contributed by atoms with Crippen LogP contribution in [0.15, 0.2) is 48.1 Å². The number of thiophene rings is 1. The van der Waals surface area contributed by atoms with E-state index in [4.69, 9.17) is 4.74 Å². The van der Waals surface area contributed by atoms with Crippen molar-refractivity contribution in [2.75, 3.05) is 18.2 Å². The number of ether oxygens (including phenoxy) is 1. The first-order chi connectivity index (χ1) is 17.1. The number of benzene rings is 1. The summed E-state index contributed by atoms with van der Waals surface area (Å²) in [6.07, 6.45) is 6.81. The fraction of sp³-hybridized carbons (Fsp3) is 0.385. The van der Waals surface area contributed by atoms with Gasteiger partial charge in [0.05, 0.1) is 18.4 Å². The molecular weight excluding hydrogens is 480 g/mol. The number of hydrogen-bond acceptors (Lipinski definition) is 7. The van der Waals surface area contributed by atoms with Gasteiger partial charge in [0.2, 0.25) is 5.91 Å². The van der Waals surface area contributed by atoms with Crippen molar-refractivity contribution >= 4 is 40.0 Å². The van der Waals surface area contributed by atoms with Gasteiger partial charge >= 0.3 is 5.97 Å². The number of esters is 1. The number of fused-ring (bicyclic) bond motifs is 1. The predicted molar refractivity (Wildman–Crippen MR) is 138 cm³/mol. The predicted octanol–water partition coefficient (Wildman–Crippen LogP) is 5.19. The maximum absolute atomic E-state index is 12.9. The third kappa shape index (κ3) is 4.92. The van der Waals surface area contributed by atoms with E-state index in [2.05, 4.69) is 50.9 Å². The van der Waals surface area contributed by atoms with Gasteiger partial charge in [-0.15, -0.1) is 28.1 Å². The number of aryl methyl sites for hydroxylation is 1. The minimum absolute atomic E-state index is 0.172. The van der Waals surface area contributed by atoms with Gasteiger partial charge in [0.25, 0.3) is 0 Å². The molecule has 0 spiro atoms. The number of nitrogens with one attached hydrogen (secondary N) is 1. The first-order valence-electron chi connectivity index (χ1n) is 11.8. The van der Waals surface area contributed by atoms with Gasteiger partial charge in [0.1, 0.15) is 10.8 Å². The smallest absolute Gasteiger partial charge is 0.341 e. The second kappa shape index (κ2) is 10.4. The lowest BCUT2D eigenvalue weighted by Gasteiger charge is -2.11. The van der Waals surface area contributed by atoms with Crippen LogP contribution in [0.25, 0.3) is 0 Å². The standard InChI is InChI=1S/C26H28N4O3S2/c1-3-13-30-23(19-14-18(19)16-9-5-4-6-10-16)28-29-26(30)34-15-21(31)27-24-22(25(32)33-2)17-11-7-8-12-20(17)35-24/h3-6,9-10,18-19H,1,7-8,11-15H2,2H3,(H,27,31). The zero-order chi connectivity index (χ0) is 24.4. The lowest BCUT2D eigenvalue weighted by molar-refractivity contribution is -0.113. The molecule has 3 aromatic rings. The van der Waals surface area contributed by atoms with Gasteiger partial charge < -0.3 is 14.6 Å². The molecule has 9 heteroatoms. The minimum Gasteiger partial charge on any atom is -0.465 e. The van der Waals surface area contributed by atoms with Crippen molar-refractivity contribution in [2.45, 2.75) is 55.6 Å². The van der Waals surface area contributed by atoms with Crippen molar-refractivity contribution in [3.05, 3.63) is 70.4 Å². The summed E-state index contributed by atoms with van der Waals surface area (Å²) in [6.45, 7) is 4.48. The molecule has 7 nitrogen and oxygen atoms in total. The molecule has 1 fully saturated rings. The van der Waals surface area contributed by atoms with Crippen LogP contribution in [0.4, 0.5) is 5.00 Å². The molecule has 1 saturated carbocycles. The van der Waals surface area contributed by atoms with Crippen molar-refractivity contribution in [1.82, 2.24) is 14.8 Å². The molecule has 2 heterocycles. The van der Waals surface area contributed by atoms with Crippen molar-refractivity contribution in [3.8, 4) is 0 Å². The monoisotopic (exact) mass is 508 g/mol. The molecule has 1 aromatic carbocycles. The lowest BCUT2D eigenvalue weighted by Crippen LogP contribution is -2.17. The average molecular weight is 509 g/mol. The molecule has 2 aliphatic carbocycles. The van der Waals surface area contributed by atoms with Crippen LogP contribution in [0.5, 0.6) is 0 Å². The first-order valence-corrected chi connectivity index (χ1v) is 13.6. The fourth-order valence-electron chi connectivity index (χ4n) is 4.80. The van der Waals surface area contributed by atoms with Crippen molar-refractivity contribution in [2.24, 2.45) is 0 Å². The molecule has 0 saturated heterocycles. The van der Waals surface area contributed by atoms with E-state index in [1.165, 1.54) is 40.6 Å². The maximum atomic E-state index is 12.9. The van der Waals surface area contributed by atoms with Crippen LogP contribution in [-0.2, 0) is 28.9 Å². The second-order valence-corrected chi connectivity index (χ2v) is 10.9. The Morgan fingerprint density at radius 1 is 1.23 bits per heavy atom. The van der Waals surface area contributed by atoms with Gasteiger partial charge in [-0.3, -0.25) is 4.79 Å². The number of carbonyl (C=O) groups is 2. The average Bonchev–Trinajstić information content (AvgIpc) is 3.45. The number of anilines is 1. The van der Waals surface area contributed by atoms with E-state index < -0.39 is 0 Å². The Morgan fingerprint density at radius 2 is 2.03 bits per heavy atom. The van der Waals surface area contributed by atoms with E-state index in [0.29, 0.717) is 34.1 Å². The van der Waals surface area contributed by atoms with Gasteiger partial charge in [-0.1, -0.05) is 48.2 Å². The van der Waals surface area contributed by atoms with E-state index in [1.807, 2.05) is 12.1 Å². The van der Waals surface area contributed by atoms with Gasteiger partial charge in [-0.2, -0.15) is 0 Å². The Morgan fingerprint density at radius 3 is 2.80 bits per heavy atom. The highest BCUT2D eigenvalue weighted by Crippen LogP contribution is 2.54. The number of hydrogen-bond donors (Lipinski definition) is 1. The van der Waals surface area contributed by atoms with Crippen molar-refractivity contribution < 1.29 is 14.3 Å². The number of rotatable bonds is 9. The van der Waals surface area contributed by atoms with Crippen LogP contribution in [0.1, 0.15) is 63.3 Å². The summed E-state index contributed by atoms with van der Waals surface area (Å²) in [7, 11) is 1.38. The van der Waals surface area contributed by atoms with Gasteiger partial charge in [-0.05, 0) is 49.1 Å². The fourth-order valence-corrected chi connectivity index (χ4v) is 6.84. The summed E-state index contributed by atoms with van der Waals surface area (Å²) in [5, 5.41) is 13.1. The largest absolute Gasteiger partial charge is 0.465 e. The van der Waals surface area contributed by atoms with Crippen LogP contribution >= 0.6 is 23.1 Å². The summed E-state index contributed by atoms with van der Waals surface area (Å²) in [6, 6.07) is 10.5. The van der Waals surface area contributed by atoms with Crippen LogP contribution in [0, 0.1) is 0 Å². The molecule has 0 bridgehead atoms. The number of carbonyl (C=O) groups excluding carboxylic acids is 2. The van der Waals surface area contributed by atoms with Gasteiger partial charge in [0.15, 0.2) is 5.16 Å². The van der Waals surface area contributed by atoms with Crippen LogP contribution in [0.2, 0.25) is 0 Å². The molecule has 2 unspecified atom stereocenters. The van der Waals surface area contributed by atoms with E-state index >= 15 is 0 Å². The highest BCUT2D eigenvalue weighted by atomic mass is 32.2. The van der Waals surface area contributed by atoms with Crippen molar-refractivity contribution in [3.63, 3.8) is 0 Å². The molecule has 1 N–H and O–H groups in total. The third-order valence-corrected chi connectivity index (χ3v) is 8.73. The van der Waals surface area contributed by atoms with Gasteiger partial charge in [-0.25, -0.2) is 4.79 Å². The first kappa shape index (κ1) is 23.8. The highest BCUT2D eigenvalue weighted by Gasteiger charge is 2.43. The Kier molecular flexibility index (Phi) is 7.06. The van der Waals surface area contributed by atoms with Crippen LogP contribution in [0.3, 0.4) is 0 Å². The normalized spacial score (nSPS) is 18.5. The Labute approximate surface area is 213 Å². The zero-order valence-corrected chi connectivity index (χ0v) is 21.3. The molecule has 5 rings (SSSR count). The van der Waals surface area contributed by atoms with Crippen LogP contribution < -0.4 is 5.32 Å².